The summed E-state index contributed by atoms with van der Waals surface area (Å²) in [7, 11) is 0. The van der Waals surface area contributed by atoms with Crippen LogP contribution in [0.1, 0.15) is 19.3 Å². The molecule has 4 rings (SSSR count). The smallest absolute Gasteiger partial charge is 0.319 e. The van der Waals surface area contributed by atoms with Gasteiger partial charge in [-0.3, -0.25) is 9.69 Å². The Labute approximate surface area is 175 Å². The molecule has 3 aliphatic rings. The Balaban J connectivity index is 1.37. The molecular weight excluding hydrogens is 391 g/mol. The molecule has 3 heterocycles. The number of carbonyl (C=O) groups excluding carboxylic acids is 2. The predicted molar refractivity (Wildman–Crippen MR) is 110 cm³/mol. The van der Waals surface area contributed by atoms with Crippen LogP contribution in [0, 0.1) is 11.7 Å². The number of benzene rings is 1. The maximum absolute atomic E-state index is 14.3. The summed E-state index contributed by atoms with van der Waals surface area (Å²) >= 11 is 0. The van der Waals surface area contributed by atoms with Crippen molar-refractivity contribution in [2.24, 2.45) is 5.92 Å². The number of urea groups is 1. The lowest BCUT2D eigenvalue weighted by atomic mass is 9.97. The van der Waals surface area contributed by atoms with E-state index in [0.717, 1.165) is 32.5 Å². The molecule has 0 saturated carbocycles. The van der Waals surface area contributed by atoms with Crippen molar-refractivity contribution >= 4 is 23.3 Å². The zero-order valence-electron chi connectivity index (χ0n) is 17.1. The quantitative estimate of drug-likeness (QED) is 0.734. The lowest BCUT2D eigenvalue weighted by molar-refractivity contribution is -0.117. The van der Waals surface area contributed by atoms with Crippen molar-refractivity contribution in [1.29, 1.82) is 0 Å². The first-order valence-electron chi connectivity index (χ1n) is 10.7. The van der Waals surface area contributed by atoms with Gasteiger partial charge in [0.25, 0.3) is 0 Å². The molecular formula is C21H29FN4O4. The molecule has 3 fully saturated rings. The van der Waals surface area contributed by atoms with Crippen molar-refractivity contribution < 1.29 is 23.5 Å². The molecule has 0 unspecified atom stereocenters. The Bertz CT molecular complexity index is 765. The second kappa shape index (κ2) is 9.72. The monoisotopic (exact) mass is 420 g/mol. The number of nitrogens with zero attached hydrogens (tertiary/aromatic N) is 2. The lowest BCUT2D eigenvalue weighted by Gasteiger charge is -2.37. The van der Waals surface area contributed by atoms with E-state index in [2.05, 4.69) is 15.5 Å². The van der Waals surface area contributed by atoms with Crippen LogP contribution in [0.5, 0.6) is 0 Å². The van der Waals surface area contributed by atoms with Gasteiger partial charge in [-0.05, 0) is 31.0 Å². The maximum atomic E-state index is 14.3. The van der Waals surface area contributed by atoms with Crippen molar-refractivity contribution in [3.8, 4) is 0 Å². The standard InChI is InChI=1S/C21H29FN4O4/c22-17-4-3-16(26-6-1-2-20(26)27)12-18(17)24-21(28)23-13-19(15-5-9-30-14-15)25-7-10-29-11-8-25/h3-4,12,15,19H,1-2,5-11,13-14H2,(H2,23,24,28)/t15-,19+/m1/s1. The molecule has 164 valence electrons. The minimum absolute atomic E-state index is 0.0177. The fourth-order valence-electron chi connectivity index (χ4n) is 4.42. The third kappa shape index (κ3) is 4.91. The molecule has 1 aromatic carbocycles. The zero-order valence-corrected chi connectivity index (χ0v) is 17.1. The van der Waals surface area contributed by atoms with Gasteiger partial charge in [0.15, 0.2) is 0 Å². The summed E-state index contributed by atoms with van der Waals surface area (Å²) in [5, 5.41) is 5.50. The second-order valence-electron chi connectivity index (χ2n) is 7.99. The van der Waals surface area contributed by atoms with Crippen LogP contribution in [0.15, 0.2) is 18.2 Å². The summed E-state index contributed by atoms with van der Waals surface area (Å²) in [5.74, 6) is -0.164. The summed E-state index contributed by atoms with van der Waals surface area (Å²) in [6.45, 7) is 5.51. The van der Waals surface area contributed by atoms with Crippen molar-refractivity contribution in [1.82, 2.24) is 10.2 Å². The highest BCUT2D eigenvalue weighted by molar-refractivity contribution is 5.96. The van der Waals surface area contributed by atoms with Crippen molar-refractivity contribution in [3.63, 3.8) is 0 Å². The molecule has 0 aliphatic carbocycles. The van der Waals surface area contributed by atoms with E-state index < -0.39 is 11.8 Å². The van der Waals surface area contributed by atoms with E-state index in [1.54, 1.807) is 11.0 Å². The van der Waals surface area contributed by atoms with Crippen molar-refractivity contribution in [3.05, 3.63) is 24.0 Å². The number of ether oxygens (including phenoxy) is 2. The Morgan fingerprint density at radius 1 is 1.20 bits per heavy atom. The summed E-state index contributed by atoms with van der Waals surface area (Å²) < 4.78 is 25.3. The number of morpholine rings is 1. The van der Waals surface area contributed by atoms with E-state index in [9.17, 15) is 14.0 Å². The minimum atomic E-state index is -0.533. The van der Waals surface area contributed by atoms with Gasteiger partial charge >= 0.3 is 6.03 Å². The van der Waals surface area contributed by atoms with Gasteiger partial charge in [0.1, 0.15) is 5.82 Å². The number of nitrogens with one attached hydrogen (secondary N) is 2. The Kier molecular flexibility index (Phi) is 6.81. The van der Waals surface area contributed by atoms with Gasteiger partial charge in [-0.1, -0.05) is 0 Å². The van der Waals surface area contributed by atoms with Crippen LogP contribution in [-0.2, 0) is 14.3 Å². The molecule has 0 spiro atoms. The zero-order chi connectivity index (χ0) is 20.9. The number of hydrogen-bond donors (Lipinski definition) is 2. The van der Waals surface area contributed by atoms with E-state index in [1.807, 2.05) is 0 Å². The molecule has 1 aromatic rings. The largest absolute Gasteiger partial charge is 0.381 e. The molecule has 0 radical (unpaired) electrons. The number of rotatable bonds is 6. The number of hydrogen-bond acceptors (Lipinski definition) is 5. The van der Waals surface area contributed by atoms with Crippen LogP contribution < -0.4 is 15.5 Å². The van der Waals surface area contributed by atoms with Gasteiger partial charge < -0.3 is 25.0 Å². The highest BCUT2D eigenvalue weighted by Crippen LogP contribution is 2.26. The van der Waals surface area contributed by atoms with Gasteiger partial charge in [-0.2, -0.15) is 0 Å². The number of anilines is 2. The Morgan fingerprint density at radius 2 is 2.03 bits per heavy atom. The van der Waals surface area contributed by atoms with Gasteiger partial charge in [0.05, 0.1) is 25.5 Å². The topological polar surface area (TPSA) is 83.1 Å². The molecule has 3 amide bonds. The number of amides is 3. The predicted octanol–water partition coefficient (Wildman–Crippen LogP) is 1.81. The number of halogens is 1. The average Bonchev–Trinajstić information content (AvgIpc) is 3.43. The van der Waals surface area contributed by atoms with Crippen LogP contribution in [-0.4, -0.2) is 75.5 Å². The first kappa shape index (κ1) is 21.0. The van der Waals surface area contributed by atoms with Gasteiger partial charge in [0.2, 0.25) is 5.91 Å². The van der Waals surface area contributed by atoms with Gasteiger partial charge in [0, 0.05) is 56.9 Å². The van der Waals surface area contributed by atoms with Crippen LogP contribution in [0.2, 0.25) is 0 Å². The van der Waals surface area contributed by atoms with Crippen LogP contribution >= 0.6 is 0 Å². The lowest BCUT2D eigenvalue weighted by Crippen LogP contribution is -2.52. The SMILES string of the molecule is O=C(NC[C@@H]([C@@H]1CCOC1)N1CCOCC1)Nc1cc(N2CCCC2=O)ccc1F. The molecule has 30 heavy (non-hydrogen) atoms. The number of carbonyl (C=O) groups is 2. The van der Waals surface area contributed by atoms with Crippen molar-refractivity contribution in [2.45, 2.75) is 25.3 Å². The average molecular weight is 420 g/mol. The summed E-state index contributed by atoms with van der Waals surface area (Å²) in [6.07, 6.45) is 2.24. The fraction of sp³-hybridized carbons (Fsp3) is 0.619. The van der Waals surface area contributed by atoms with Gasteiger partial charge in [-0.15, -0.1) is 0 Å². The Hall–Kier alpha value is -2.23. The molecule has 0 aromatic heterocycles. The van der Waals surface area contributed by atoms with Crippen LogP contribution in [0.25, 0.3) is 0 Å². The van der Waals surface area contributed by atoms with E-state index in [-0.39, 0.29) is 17.6 Å². The third-order valence-electron chi connectivity index (χ3n) is 6.08. The molecule has 8 nitrogen and oxygen atoms in total. The normalized spacial score (nSPS) is 23.6. The Morgan fingerprint density at radius 3 is 2.73 bits per heavy atom. The van der Waals surface area contributed by atoms with E-state index in [1.165, 1.54) is 12.1 Å². The van der Waals surface area contributed by atoms with Crippen molar-refractivity contribution in [2.75, 3.05) is 62.8 Å². The second-order valence-corrected chi connectivity index (χ2v) is 7.99. The molecule has 2 atom stereocenters. The summed E-state index contributed by atoms with van der Waals surface area (Å²) in [6, 6.07) is 4.05. The first-order valence-corrected chi connectivity index (χ1v) is 10.7. The summed E-state index contributed by atoms with van der Waals surface area (Å²) in [5.41, 5.74) is 0.667. The van der Waals surface area contributed by atoms with Crippen LogP contribution in [0.3, 0.4) is 0 Å². The fourth-order valence-corrected chi connectivity index (χ4v) is 4.42. The molecule has 0 bridgehead atoms. The summed E-state index contributed by atoms with van der Waals surface area (Å²) in [4.78, 5) is 28.4. The minimum Gasteiger partial charge on any atom is -0.381 e. The van der Waals surface area contributed by atoms with E-state index in [4.69, 9.17) is 9.47 Å². The highest BCUT2D eigenvalue weighted by Gasteiger charge is 2.32. The molecule has 2 N–H and O–H groups in total. The van der Waals surface area contributed by atoms with E-state index in [0.29, 0.717) is 50.9 Å². The highest BCUT2D eigenvalue weighted by atomic mass is 19.1. The first-order chi connectivity index (χ1) is 14.6. The van der Waals surface area contributed by atoms with E-state index >= 15 is 0 Å². The maximum Gasteiger partial charge on any atom is 0.319 e. The molecule has 9 heteroatoms. The van der Waals surface area contributed by atoms with Gasteiger partial charge in [-0.25, -0.2) is 9.18 Å². The molecule has 3 saturated heterocycles. The third-order valence-corrected chi connectivity index (χ3v) is 6.08. The van der Waals surface area contributed by atoms with Crippen LogP contribution in [0.4, 0.5) is 20.6 Å². The molecule has 3 aliphatic heterocycles.